The molecule has 0 aliphatic heterocycles. The first-order chi connectivity index (χ1) is 9.75. The van der Waals surface area contributed by atoms with Crippen LogP contribution >= 0.6 is 0 Å². The fourth-order valence-corrected chi connectivity index (χ4v) is 2.62. The summed E-state index contributed by atoms with van der Waals surface area (Å²) >= 11 is 0. The lowest BCUT2D eigenvalue weighted by atomic mass is 9.89. The number of aryl methyl sites for hydroxylation is 1. The van der Waals surface area contributed by atoms with Crippen molar-refractivity contribution in [2.45, 2.75) is 25.7 Å². The van der Waals surface area contributed by atoms with Crippen molar-refractivity contribution in [3.63, 3.8) is 0 Å². The number of hydrogen-bond donors (Lipinski definition) is 1. The molecule has 0 bridgehead atoms. The van der Waals surface area contributed by atoms with Crippen molar-refractivity contribution in [2.24, 2.45) is 0 Å². The first-order valence-corrected chi connectivity index (χ1v) is 6.86. The highest BCUT2D eigenvalue weighted by Crippen LogP contribution is 2.32. The molecular weight excluding hydrogens is 252 g/mol. The van der Waals surface area contributed by atoms with Crippen molar-refractivity contribution in [3.8, 4) is 11.5 Å². The molecule has 102 valence electrons. The van der Waals surface area contributed by atoms with Gasteiger partial charge in [0.05, 0.1) is 0 Å². The summed E-state index contributed by atoms with van der Waals surface area (Å²) in [6.45, 7) is 0. The van der Waals surface area contributed by atoms with Gasteiger partial charge in [-0.15, -0.1) is 0 Å². The van der Waals surface area contributed by atoms with E-state index in [2.05, 4.69) is 0 Å². The number of carbonyl (C=O) groups excluding carboxylic acids is 1. The number of phenols is 1. The zero-order chi connectivity index (χ0) is 13.9. The topological polar surface area (TPSA) is 46.5 Å². The average molecular weight is 268 g/mol. The van der Waals surface area contributed by atoms with Gasteiger partial charge in [-0.1, -0.05) is 24.3 Å². The van der Waals surface area contributed by atoms with Gasteiger partial charge in [0.2, 0.25) is 0 Å². The number of aromatic hydroxyl groups is 1. The van der Waals surface area contributed by atoms with E-state index in [1.807, 2.05) is 12.1 Å². The molecule has 1 N–H and O–H groups in total. The van der Waals surface area contributed by atoms with Crippen LogP contribution in [0.5, 0.6) is 11.5 Å². The highest BCUT2D eigenvalue weighted by atomic mass is 16.5. The molecule has 1 aliphatic rings. The van der Waals surface area contributed by atoms with Gasteiger partial charge in [-0.05, 0) is 55.0 Å². The van der Waals surface area contributed by atoms with Gasteiger partial charge < -0.3 is 9.84 Å². The second-order valence-electron chi connectivity index (χ2n) is 5.01. The summed E-state index contributed by atoms with van der Waals surface area (Å²) in [5.41, 5.74) is 2.29. The lowest BCUT2D eigenvalue weighted by Gasteiger charge is -2.18. The van der Waals surface area contributed by atoms with Crippen molar-refractivity contribution in [2.75, 3.05) is 0 Å². The molecule has 20 heavy (non-hydrogen) atoms. The summed E-state index contributed by atoms with van der Waals surface area (Å²) in [4.78, 5) is 12.1. The molecule has 0 amide bonds. The number of fused-ring (bicyclic) bond motifs is 1. The van der Waals surface area contributed by atoms with E-state index >= 15 is 0 Å². The number of ether oxygens (including phenoxy) is 1. The fourth-order valence-electron chi connectivity index (χ4n) is 2.62. The van der Waals surface area contributed by atoms with Crippen molar-refractivity contribution in [1.82, 2.24) is 0 Å². The number of rotatable bonds is 2. The molecule has 0 fully saturated rings. The van der Waals surface area contributed by atoms with Crippen LogP contribution in [0.4, 0.5) is 0 Å². The van der Waals surface area contributed by atoms with Crippen molar-refractivity contribution in [3.05, 3.63) is 59.2 Å². The molecule has 0 heterocycles. The second kappa shape index (κ2) is 5.37. The molecule has 3 heteroatoms. The molecule has 2 aromatic rings. The second-order valence-corrected chi connectivity index (χ2v) is 5.01. The van der Waals surface area contributed by atoms with E-state index in [1.165, 1.54) is 0 Å². The third-order valence-electron chi connectivity index (χ3n) is 3.68. The molecule has 0 spiro atoms. The molecular formula is C17H16O3. The molecule has 0 radical (unpaired) electrons. The van der Waals surface area contributed by atoms with Crippen LogP contribution in [0.3, 0.4) is 0 Å². The lowest BCUT2D eigenvalue weighted by Crippen LogP contribution is -2.12. The van der Waals surface area contributed by atoms with Crippen LogP contribution in [0, 0.1) is 0 Å². The largest absolute Gasteiger partial charge is 0.507 e. The van der Waals surface area contributed by atoms with Crippen LogP contribution in [-0.2, 0) is 12.8 Å². The first-order valence-electron chi connectivity index (χ1n) is 6.86. The summed E-state index contributed by atoms with van der Waals surface area (Å²) in [6, 6.07) is 12.5. The molecule has 2 aromatic carbocycles. The van der Waals surface area contributed by atoms with Crippen LogP contribution in [0.15, 0.2) is 42.5 Å². The standard InChI is InChI=1S/C17H16O3/c18-16-14-9-5-4-6-12(14)10-11-15(16)17(19)20-13-7-2-1-3-8-13/h1-3,7-8,10-11,18H,4-6,9H2. The number of carbonyl (C=O) groups is 1. The van der Waals surface area contributed by atoms with Crippen molar-refractivity contribution >= 4 is 5.97 Å². The maximum Gasteiger partial charge on any atom is 0.347 e. The summed E-state index contributed by atoms with van der Waals surface area (Å²) < 4.78 is 5.27. The number of hydrogen-bond acceptors (Lipinski definition) is 3. The van der Waals surface area contributed by atoms with Gasteiger partial charge in [0.1, 0.15) is 17.1 Å². The Labute approximate surface area is 117 Å². The smallest absolute Gasteiger partial charge is 0.347 e. The predicted molar refractivity (Wildman–Crippen MR) is 76.1 cm³/mol. The van der Waals surface area contributed by atoms with E-state index < -0.39 is 5.97 Å². The van der Waals surface area contributed by atoms with Gasteiger partial charge >= 0.3 is 5.97 Å². The maximum atomic E-state index is 12.1. The molecule has 3 rings (SSSR count). The Morgan fingerprint density at radius 1 is 1.00 bits per heavy atom. The summed E-state index contributed by atoms with van der Waals surface area (Å²) in [5.74, 6) is 0.0554. The van der Waals surface area contributed by atoms with E-state index in [0.717, 1.165) is 36.8 Å². The Bertz CT molecular complexity index is 632. The highest BCUT2D eigenvalue weighted by molar-refractivity contribution is 5.94. The third kappa shape index (κ3) is 2.39. The van der Waals surface area contributed by atoms with Gasteiger partial charge in [-0.3, -0.25) is 0 Å². The van der Waals surface area contributed by atoms with Crippen molar-refractivity contribution < 1.29 is 14.6 Å². The summed E-state index contributed by atoms with van der Waals surface area (Å²) in [5, 5.41) is 10.3. The molecule has 3 nitrogen and oxygen atoms in total. The van der Waals surface area contributed by atoms with E-state index in [9.17, 15) is 9.90 Å². The van der Waals surface area contributed by atoms with Gasteiger partial charge in [-0.2, -0.15) is 0 Å². The quantitative estimate of drug-likeness (QED) is 0.670. The molecule has 1 aliphatic carbocycles. The molecule has 0 saturated carbocycles. The third-order valence-corrected chi connectivity index (χ3v) is 3.68. The summed E-state index contributed by atoms with van der Waals surface area (Å²) in [6.07, 6.45) is 3.99. The van der Waals surface area contributed by atoms with E-state index in [4.69, 9.17) is 4.74 Å². The van der Waals surface area contributed by atoms with Crippen LogP contribution in [-0.4, -0.2) is 11.1 Å². The Kier molecular flexibility index (Phi) is 3.42. The lowest BCUT2D eigenvalue weighted by molar-refractivity contribution is 0.0731. The van der Waals surface area contributed by atoms with Crippen LogP contribution < -0.4 is 4.74 Å². The minimum absolute atomic E-state index is 0.0862. The van der Waals surface area contributed by atoms with Gasteiger partial charge in [0, 0.05) is 0 Å². The number of phenolic OH excluding ortho intramolecular Hbond substituents is 1. The Hall–Kier alpha value is -2.29. The number of esters is 1. The Morgan fingerprint density at radius 2 is 1.75 bits per heavy atom. The Balaban J connectivity index is 1.89. The molecule has 0 atom stereocenters. The normalized spacial score (nSPS) is 13.6. The monoisotopic (exact) mass is 268 g/mol. The minimum Gasteiger partial charge on any atom is -0.507 e. The minimum atomic E-state index is -0.512. The SMILES string of the molecule is O=C(Oc1ccccc1)c1ccc2c(c1O)CCCC2. The number of para-hydroxylation sites is 1. The van der Waals surface area contributed by atoms with E-state index in [-0.39, 0.29) is 11.3 Å². The van der Waals surface area contributed by atoms with Crippen molar-refractivity contribution in [1.29, 1.82) is 0 Å². The van der Waals surface area contributed by atoms with E-state index in [0.29, 0.717) is 5.75 Å². The predicted octanol–water partition coefficient (Wildman–Crippen LogP) is 3.49. The van der Waals surface area contributed by atoms with Gasteiger partial charge in [0.15, 0.2) is 0 Å². The zero-order valence-electron chi connectivity index (χ0n) is 11.1. The first kappa shape index (κ1) is 12.7. The van der Waals surface area contributed by atoms with Crippen LogP contribution in [0.25, 0.3) is 0 Å². The van der Waals surface area contributed by atoms with Gasteiger partial charge in [-0.25, -0.2) is 4.79 Å². The zero-order valence-corrected chi connectivity index (χ0v) is 11.1. The van der Waals surface area contributed by atoms with Crippen LogP contribution in [0.1, 0.15) is 34.3 Å². The van der Waals surface area contributed by atoms with E-state index in [1.54, 1.807) is 30.3 Å². The maximum absolute atomic E-state index is 12.1. The highest BCUT2D eigenvalue weighted by Gasteiger charge is 2.20. The molecule has 0 unspecified atom stereocenters. The molecule has 0 saturated heterocycles. The Morgan fingerprint density at radius 3 is 2.55 bits per heavy atom. The van der Waals surface area contributed by atoms with Crippen LogP contribution in [0.2, 0.25) is 0 Å². The fraction of sp³-hybridized carbons (Fsp3) is 0.235. The molecule has 0 aromatic heterocycles. The number of benzene rings is 2. The van der Waals surface area contributed by atoms with Gasteiger partial charge in [0.25, 0.3) is 0 Å². The summed E-state index contributed by atoms with van der Waals surface area (Å²) in [7, 11) is 0. The average Bonchev–Trinajstić information content (AvgIpc) is 2.49.